The van der Waals surface area contributed by atoms with Crippen LogP contribution in [0.3, 0.4) is 0 Å². The lowest BCUT2D eigenvalue weighted by Gasteiger charge is -2.11. The van der Waals surface area contributed by atoms with Crippen LogP contribution in [-0.2, 0) is 0 Å². The van der Waals surface area contributed by atoms with Crippen molar-refractivity contribution >= 4 is 17.3 Å². The lowest BCUT2D eigenvalue weighted by Crippen LogP contribution is -2.14. The second kappa shape index (κ2) is 6.00. The monoisotopic (exact) mass is 255 g/mol. The topological polar surface area (TPSA) is 54.0 Å². The Hall–Kier alpha value is -2.36. The maximum atomic E-state index is 12.2. The van der Waals surface area contributed by atoms with Gasteiger partial charge in [0.05, 0.1) is 5.56 Å². The molecule has 0 saturated heterocycles. The van der Waals surface area contributed by atoms with Crippen molar-refractivity contribution in [2.24, 2.45) is 0 Å². The highest BCUT2D eigenvalue weighted by atomic mass is 16.1. The Morgan fingerprint density at radius 1 is 1.26 bits per heavy atom. The standard InChI is InChI=1S/C15H17N3O/c1-3-16-14-7-5-4-6-13(14)15(19)18-12-8-9-17-11(2)10-12/h4-10,16H,3H2,1-2H3,(H,17,18,19). The van der Waals surface area contributed by atoms with Crippen LogP contribution < -0.4 is 10.6 Å². The highest BCUT2D eigenvalue weighted by Crippen LogP contribution is 2.17. The molecule has 2 rings (SSSR count). The summed E-state index contributed by atoms with van der Waals surface area (Å²) in [6, 6.07) is 11.1. The van der Waals surface area contributed by atoms with Crippen LogP contribution in [0.15, 0.2) is 42.6 Å². The predicted octanol–water partition coefficient (Wildman–Crippen LogP) is 3.07. The molecule has 2 N–H and O–H groups in total. The van der Waals surface area contributed by atoms with Crippen molar-refractivity contribution in [2.75, 3.05) is 17.2 Å². The third kappa shape index (κ3) is 3.31. The number of amides is 1. The molecule has 4 heteroatoms. The molecule has 0 fully saturated rings. The van der Waals surface area contributed by atoms with Crippen molar-refractivity contribution in [3.8, 4) is 0 Å². The summed E-state index contributed by atoms with van der Waals surface area (Å²) in [7, 11) is 0. The third-order valence-electron chi connectivity index (χ3n) is 2.69. The summed E-state index contributed by atoms with van der Waals surface area (Å²) in [4.78, 5) is 16.4. The molecule has 2 aromatic rings. The number of rotatable bonds is 4. The van der Waals surface area contributed by atoms with Crippen LogP contribution in [0, 0.1) is 6.92 Å². The second-order valence-electron chi connectivity index (χ2n) is 4.22. The minimum Gasteiger partial charge on any atom is -0.385 e. The predicted molar refractivity (Wildman–Crippen MR) is 77.5 cm³/mol. The Labute approximate surface area is 112 Å². The Kier molecular flexibility index (Phi) is 4.13. The van der Waals surface area contributed by atoms with Crippen molar-refractivity contribution in [3.63, 3.8) is 0 Å². The van der Waals surface area contributed by atoms with Gasteiger partial charge in [0.1, 0.15) is 0 Å². The number of para-hydroxylation sites is 1. The Balaban J connectivity index is 2.20. The first-order chi connectivity index (χ1) is 9.20. The number of carbonyl (C=O) groups excluding carboxylic acids is 1. The highest BCUT2D eigenvalue weighted by molar-refractivity contribution is 6.08. The van der Waals surface area contributed by atoms with E-state index in [2.05, 4.69) is 15.6 Å². The lowest BCUT2D eigenvalue weighted by molar-refractivity contribution is 0.102. The molecule has 1 amide bonds. The van der Waals surface area contributed by atoms with E-state index in [1.165, 1.54) is 0 Å². The minimum absolute atomic E-state index is 0.123. The zero-order valence-corrected chi connectivity index (χ0v) is 11.1. The van der Waals surface area contributed by atoms with E-state index >= 15 is 0 Å². The molecule has 0 spiro atoms. The summed E-state index contributed by atoms with van der Waals surface area (Å²) in [5.41, 5.74) is 3.11. The van der Waals surface area contributed by atoms with Gasteiger partial charge in [-0.2, -0.15) is 0 Å². The lowest BCUT2D eigenvalue weighted by atomic mass is 10.1. The van der Waals surface area contributed by atoms with Gasteiger partial charge in [-0.15, -0.1) is 0 Å². The van der Waals surface area contributed by atoms with Gasteiger partial charge in [-0.3, -0.25) is 9.78 Å². The van der Waals surface area contributed by atoms with Crippen LogP contribution in [0.25, 0.3) is 0 Å². The number of aryl methyl sites for hydroxylation is 1. The molecule has 19 heavy (non-hydrogen) atoms. The van der Waals surface area contributed by atoms with Gasteiger partial charge in [0.25, 0.3) is 5.91 Å². The second-order valence-corrected chi connectivity index (χ2v) is 4.22. The molecule has 4 nitrogen and oxygen atoms in total. The fraction of sp³-hybridized carbons (Fsp3) is 0.200. The summed E-state index contributed by atoms with van der Waals surface area (Å²) in [6.45, 7) is 4.67. The van der Waals surface area contributed by atoms with Gasteiger partial charge in [-0.1, -0.05) is 12.1 Å². The summed E-state index contributed by atoms with van der Waals surface area (Å²) in [6.07, 6.45) is 1.68. The molecule has 1 aromatic heterocycles. The van der Waals surface area contributed by atoms with Gasteiger partial charge in [0.2, 0.25) is 0 Å². The van der Waals surface area contributed by atoms with E-state index in [1.807, 2.05) is 38.1 Å². The zero-order valence-electron chi connectivity index (χ0n) is 11.1. The zero-order chi connectivity index (χ0) is 13.7. The fourth-order valence-corrected chi connectivity index (χ4v) is 1.85. The molecule has 0 unspecified atom stereocenters. The average Bonchev–Trinajstić information content (AvgIpc) is 2.39. The highest BCUT2D eigenvalue weighted by Gasteiger charge is 2.10. The van der Waals surface area contributed by atoms with Crippen LogP contribution in [0.1, 0.15) is 23.0 Å². The summed E-state index contributed by atoms with van der Waals surface area (Å²) >= 11 is 0. The van der Waals surface area contributed by atoms with Crippen molar-refractivity contribution in [3.05, 3.63) is 53.9 Å². The molecule has 0 aliphatic heterocycles. The quantitative estimate of drug-likeness (QED) is 0.882. The van der Waals surface area contributed by atoms with E-state index in [4.69, 9.17) is 0 Å². The average molecular weight is 255 g/mol. The van der Waals surface area contributed by atoms with Crippen molar-refractivity contribution in [1.29, 1.82) is 0 Å². The number of pyridine rings is 1. The van der Waals surface area contributed by atoms with E-state index in [0.29, 0.717) is 5.56 Å². The number of aromatic nitrogens is 1. The fourth-order valence-electron chi connectivity index (χ4n) is 1.85. The van der Waals surface area contributed by atoms with E-state index in [-0.39, 0.29) is 5.91 Å². The van der Waals surface area contributed by atoms with Crippen LogP contribution in [0.2, 0.25) is 0 Å². The molecule has 0 aliphatic rings. The van der Waals surface area contributed by atoms with Gasteiger partial charge in [0.15, 0.2) is 0 Å². The SMILES string of the molecule is CCNc1ccccc1C(=O)Nc1ccnc(C)c1. The first kappa shape index (κ1) is 13.1. The van der Waals surface area contributed by atoms with E-state index < -0.39 is 0 Å². The molecule has 0 aliphatic carbocycles. The smallest absolute Gasteiger partial charge is 0.257 e. The maximum Gasteiger partial charge on any atom is 0.257 e. The maximum absolute atomic E-state index is 12.2. The van der Waals surface area contributed by atoms with Crippen LogP contribution in [0.5, 0.6) is 0 Å². The molecule has 0 radical (unpaired) electrons. The van der Waals surface area contributed by atoms with Crippen LogP contribution in [-0.4, -0.2) is 17.4 Å². The number of hydrogen-bond donors (Lipinski definition) is 2. The normalized spacial score (nSPS) is 10.0. The molecule has 0 saturated carbocycles. The Morgan fingerprint density at radius 2 is 2.05 bits per heavy atom. The van der Waals surface area contributed by atoms with Gasteiger partial charge < -0.3 is 10.6 Å². The van der Waals surface area contributed by atoms with E-state index in [1.54, 1.807) is 18.3 Å². The number of hydrogen-bond acceptors (Lipinski definition) is 3. The largest absolute Gasteiger partial charge is 0.385 e. The number of benzene rings is 1. The number of nitrogens with one attached hydrogen (secondary N) is 2. The molecular formula is C15H17N3O. The van der Waals surface area contributed by atoms with Crippen LogP contribution >= 0.6 is 0 Å². The summed E-state index contributed by atoms with van der Waals surface area (Å²) in [5.74, 6) is -0.123. The van der Waals surface area contributed by atoms with Crippen molar-refractivity contribution in [1.82, 2.24) is 4.98 Å². The number of anilines is 2. The van der Waals surface area contributed by atoms with Gasteiger partial charge in [-0.05, 0) is 38.1 Å². The van der Waals surface area contributed by atoms with Gasteiger partial charge in [0, 0.05) is 29.8 Å². The Morgan fingerprint density at radius 3 is 2.79 bits per heavy atom. The number of carbonyl (C=O) groups is 1. The molecule has 0 atom stereocenters. The van der Waals surface area contributed by atoms with Crippen LogP contribution in [0.4, 0.5) is 11.4 Å². The summed E-state index contributed by atoms with van der Waals surface area (Å²) < 4.78 is 0. The van der Waals surface area contributed by atoms with E-state index in [0.717, 1.165) is 23.6 Å². The first-order valence-electron chi connectivity index (χ1n) is 6.27. The van der Waals surface area contributed by atoms with Crippen molar-refractivity contribution < 1.29 is 4.79 Å². The van der Waals surface area contributed by atoms with Gasteiger partial charge >= 0.3 is 0 Å². The molecular weight excluding hydrogens is 238 g/mol. The Bertz CT molecular complexity index is 581. The van der Waals surface area contributed by atoms with E-state index in [9.17, 15) is 4.79 Å². The summed E-state index contributed by atoms with van der Waals surface area (Å²) in [5, 5.41) is 6.06. The number of nitrogens with zero attached hydrogens (tertiary/aromatic N) is 1. The molecule has 0 bridgehead atoms. The third-order valence-corrected chi connectivity index (χ3v) is 2.69. The first-order valence-corrected chi connectivity index (χ1v) is 6.27. The van der Waals surface area contributed by atoms with Crippen molar-refractivity contribution in [2.45, 2.75) is 13.8 Å². The molecule has 98 valence electrons. The van der Waals surface area contributed by atoms with Gasteiger partial charge in [-0.25, -0.2) is 0 Å². The molecule has 1 heterocycles. The molecule has 1 aromatic carbocycles. The minimum atomic E-state index is -0.123.